The van der Waals surface area contributed by atoms with E-state index in [2.05, 4.69) is 20.0 Å². The second kappa shape index (κ2) is 11.2. The Morgan fingerprint density at radius 1 is 1.14 bits per heavy atom. The third-order valence-corrected chi connectivity index (χ3v) is 9.10. The summed E-state index contributed by atoms with van der Waals surface area (Å²) in [5.74, 6) is -0.997. The van der Waals surface area contributed by atoms with Gasteiger partial charge in [0.05, 0.1) is 28.0 Å². The predicted molar refractivity (Wildman–Crippen MR) is 162 cm³/mol. The molecule has 1 fully saturated rings. The molecule has 0 aliphatic carbocycles. The Hall–Kier alpha value is -4.71. The smallest absolute Gasteiger partial charge is 0.289 e. The summed E-state index contributed by atoms with van der Waals surface area (Å²) in [5, 5.41) is 3.13. The maximum Gasteiger partial charge on any atom is 0.289 e. The first-order chi connectivity index (χ1) is 20.7. The van der Waals surface area contributed by atoms with Gasteiger partial charge in [0.1, 0.15) is 17.2 Å². The molecule has 222 valence electrons. The zero-order valence-electron chi connectivity index (χ0n) is 23.6. The molecular formula is C31H30FN5O5S. The van der Waals surface area contributed by atoms with Crippen LogP contribution in [0.25, 0.3) is 33.3 Å². The van der Waals surface area contributed by atoms with Gasteiger partial charge in [-0.2, -0.15) is 0 Å². The number of hydrogen-bond donors (Lipinski definition) is 3. The Kier molecular flexibility index (Phi) is 7.38. The maximum atomic E-state index is 13.7. The highest BCUT2D eigenvalue weighted by Gasteiger charge is 2.31. The molecule has 3 heterocycles. The molecule has 0 unspecified atom stereocenters. The molecule has 1 atom stereocenters. The van der Waals surface area contributed by atoms with E-state index >= 15 is 0 Å². The van der Waals surface area contributed by atoms with Crippen LogP contribution in [0.1, 0.15) is 52.2 Å². The predicted octanol–water partition coefficient (Wildman–Crippen LogP) is 5.26. The lowest BCUT2D eigenvalue weighted by Gasteiger charge is -2.33. The molecule has 0 radical (unpaired) electrons. The zero-order valence-corrected chi connectivity index (χ0v) is 24.4. The number of nitrogens with zero attached hydrogens (tertiary/aromatic N) is 2. The number of H-pyrrole nitrogens is 1. The molecule has 2 aromatic heterocycles. The third-order valence-electron chi connectivity index (χ3n) is 7.81. The van der Waals surface area contributed by atoms with Gasteiger partial charge < -0.3 is 19.6 Å². The largest absolute Gasteiger partial charge is 0.455 e. The highest BCUT2D eigenvalue weighted by Crippen LogP contribution is 2.41. The van der Waals surface area contributed by atoms with Gasteiger partial charge in [0.2, 0.25) is 10.0 Å². The van der Waals surface area contributed by atoms with Gasteiger partial charge in [-0.25, -0.2) is 17.8 Å². The number of piperidine rings is 1. The van der Waals surface area contributed by atoms with Crippen molar-refractivity contribution in [2.24, 2.45) is 0 Å². The summed E-state index contributed by atoms with van der Waals surface area (Å²) < 4.78 is 48.0. The molecule has 43 heavy (non-hydrogen) atoms. The van der Waals surface area contributed by atoms with Crippen LogP contribution in [-0.4, -0.2) is 61.0 Å². The van der Waals surface area contributed by atoms with Crippen molar-refractivity contribution in [3.8, 4) is 11.3 Å². The standard InChI is InChI=1S/C31H30FN5O5S/c1-3-43(40,41)36-25-16-26-22(27(30(38)33-2)28(42-26)18-10-12-20(32)13-11-18)15-21(25)19-7-6-14-37(17-19)31(39)29-34-23-8-4-5-9-24(23)35-29/h4-5,8-13,15-16,19,36H,3,6-7,14,17H2,1-2H3,(H,33,38)(H,34,35)/t19-/m0/s1. The number of fused-ring (bicyclic) bond motifs is 2. The number of hydrogen-bond acceptors (Lipinski definition) is 6. The summed E-state index contributed by atoms with van der Waals surface area (Å²) in [5.41, 5.74) is 3.46. The topological polar surface area (TPSA) is 137 Å². The highest BCUT2D eigenvalue weighted by molar-refractivity contribution is 7.92. The second-order valence-electron chi connectivity index (χ2n) is 10.5. The van der Waals surface area contributed by atoms with Crippen LogP contribution in [-0.2, 0) is 10.0 Å². The Morgan fingerprint density at radius 3 is 2.63 bits per heavy atom. The molecule has 5 aromatic rings. The van der Waals surface area contributed by atoms with Gasteiger partial charge in [-0.1, -0.05) is 12.1 Å². The summed E-state index contributed by atoms with van der Waals surface area (Å²) in [4.78, 5) is 35.9. The van der Waals surface area contributed by atoms with Crippen molar-refractivity contribution in [3.05, 3.63) is 83.4 Å². The summed E-state index contributed by atoms with van der Waals surface area (Å²) in [6.07, 6.45) is 1.37. The van der Waals surface area contributed by atoms with Crippen molar-refractivity contribution in [1.82, 2.24) is 20.2 Å². The van der Waals surface area contributed by atoms with Crippen molar-refractivity contribution in [2.45, 2.75) is 25.7 Å². The van der Waals surface area contributed by atoms with Gasteiger partial charge in [-0.15, -0.1) is 0 Å². The fraction of sp³-hybridized carbons (Fsp3) is 0.258. The minimum absolute atomic E-state index is 0.145. The van der Waals surface area contributed by atoms with E-state index in [4.69, 9.17) is 4.42 Å². The number of anilines is 1. The lowest BCUT2D eigenvalue weighted by molar-refractivity contribution is 0.0696. The second-order valence-corrected chi connectivity index (χ2v) is 12.5. The van der Waals surface area contributed by atoms with Gasteiger partial charge in [0.15, 0.2) is 5.82 Å². The molecule has 0 saturated carbocycles. The number of rotatable bonds is 7. The first-order valence-corrected chi connectivity index (χ1v) is 15.7. The average Bonchev–Trinajstić information content (AvgIpc) is 3.62. The number of likely N-dealkylation sites (tertiary alicyclic amines) is 1. The highest BCUT2D eigenvalue weighted by atomic mass is 32.2. The third kappa shape index (κ3) is 5.45. The number of carbonyl (C=O) groups is 2. The molecule has 1 aliphatic heterocycles. The SMILES string of the molecule is CCS(=O)(=O)Nc1cc2oc(-c3ccc(F)cc3)c(C(=O)NC)c2cc1[C@H]1CCCN(C(=O)c2nc3ccccc3[nH]2)C1. The summed E-state index contributed by atoms with van der Waals surface area (Å²) in [6.45, 7) is 2.38. The van der Waals surface area contributed by atoms with E-state index in [0.717, 1.165) is 5.52 Å². The first kappa shape index (κ1) is 28.4. The maximum absolute atomic E-state index is 13.7. The van der Waals surface area contributed by atoms with Crippen molar-refractivity contribution >= 4 is 49.5 Å². The number of nitrogens with one attached hydrogen (secondary N) is 3. The number of halogens is 1. The Labute approximate surface area is 247 Å². The van der Waals surface area contributed by atoms with Crippen LogP contribution < -0.4 is 10.0 Å². The number of carbonyl (C=O) groups excluding carboxylic acids is 2. The van der Waals surface area contributed by atoms with E-state index in [1.807, 2.05) is 24.3 Å². The normalized spacial score (nSPS) is 15.6. The number of aromatic nitrogens is 2. The van der Waals surface area contributed by atoms with E-state index in [0.29, 0.717) is 59.2 Å². The monoisotopic (exact) mass is 603 g/mol. The number of sulfonamides is 1. The van der Waals surface area contributed by atoms with Crippen LogP contribution in [0.2, 0.25) is 0 Å². The van der Waals surface area contributed by atoms with Crippen molar-refractivity contribution in [3.63, 3.8) is 0 Å². The number of amides is 2. The van der Waals surface area contributed by atoms with Crippen molar-refractivity contribution in [2.75, 3.05) is 30.6 Å². The zero-order chi connectivity index (χ0) is 30.3. The van der Waals surface area contributed by atoms with Crippen molar-refractivity contribution < 1.29 is 26.8 Å². The Morgan fingerprint density at radius 2 is 1.91 bits per heavy atom. The number of aromatic amines is 1. The molecule has 2 amide bonds. The van der Waals surface area contributed by atoms with E-state index in [9.17, 15) is 22.4 Å². The van der Waals surface area contributed by atoms with Gasteiger partial charge in [-0.3, -0.25) is 14.3 Å². The summed E-state index contributed by atoms with van der Waals surface area (Å²) >= 11 is 0. The molecule has 1 saturated heterocycles. The van der Waals surface area contributed by atoms with Crippen LogP contribution in [0, 0.1) is 5.82 Å². The fourth-order valence-corrected chi connectivity index (χ4v) is 6.26. The number of benzene rings is 3. The summed E-state index contributed by atoms with van der Waals surface area (Å²) in [6, 6.07) is 16.3. The molecule has 12 heteroatoms. The average molecular weight is 604 g/mol. The molecule has 1 aliphatic rings. The van der Waals surface area contributed by atoms with Crippen LogP contribution in [0.4, 0.5) is 10.1 Å². The van der Waals surface area contributed by atoms with E-state index in [-0.39, 0.29) is 34.7 Å². The van der Waals surface area contributed by atoms with Crippen LogP contribution in [0.3, 0.4) is 0 Å². The molecule has 0 spiro atoms. The molecule has 3 N–H and O–H groups in total. The number of imidazole rings is 1. The van der Waals surface area contributed by atoms with E-state index < -0.39 is 21.7 Å². The lowest BCUT2D eigenvalue weighted by atomic mass is 9.88. The van der Waals surface area contributed by atoms with Gasteiger partial charge in [-0.05, 0) is 67.8 Å². The van der Waals surface area contributed by atoms with Crippen LogP contribution >= 0.6 is 0 Å². The van der Waals surface area contributed by atoms with Crippen LogP contribution in [0.5, 0.6) is 0 Å². The Balaban J connectivity index is 1.44. The molecule has 0 bridgehead atoms. The van der Waals surface area contributed by atoms with E-state index in [1.165, 1.54) is 38.2 Å². The quantitative estimate of drug-likeness (QED) is 0.232. The number of para-hydroxylation sites is 2. The van der Waals surface area contributed by atoms with Gasteiger partial charge >= 0.3 is 0 Å². The molecule has 10 nitrogen and oxygen atoms in total. The van der Waals surface area contributed by atoms with Crippen molar-refractivity contribution in [1.29, 1.82) is 0 Å². The van der Waals surface area contributed by atoms with Gasteiger partial charge in [0, 0.05) is 43.1 Å². The molecular weight excluding hydrogens is 573 g/mol. The molecule has 6 rings (SSSR count). The summed E-state index contributed by atoms with van der Waals surface area (Å²) in [7, 11) is -2.18. The molecule has 3 aromatic carbocycles. The van der Waals surface area contributed by atoms with Gasteiger partial charge in [0.25, 0.3) is 11.8 Å². The minimum atomic E-state index is -3.68. The van der Waals surface area contributed by atoms with Crippen LogP contribution in [0.15, 0.2) is 65.1 Å². The number of furan rings is 1. The lowest BCUT2D eigenvalue weighted by Crippen LogP contribution is -2.39. The van der Waals surface area contributed by atoms with E-state index in [1.54, 1.807) is 17.0 Å². The fourth-order valence-electron chi connectivity index (χ4n) is 5.60. The first-order valence-electron chi connectivity index (χ1n) is 14.0. The Bertz CT molecular complexity index is 1930. The minimum Gasteiger partial charge on any atom is -0.455 e.